The van der Waals surface area contributed by atoms with Gasteiger partial charge in [-0.1, -0.05) is 13.3 Å². The van der Waals surface area contributed by atoms with Crippen LogP contribution in [-0.2, 0) is 11.3 Å². The van der Waals surface area contributed by atoms with Crippen LogP contribution in [0.4, 0.5) is 4.39 Å². The number of hydrogen-bond acceptors (Lipinski definition) is 4. The van der Waals surface area contributed by atoms with E-state index < -0.39 is 5.82 Å². The van der Waals surface area contributed by atoms with Crippen LogP contribution in [-0.4, -0.2) is 31.9 Å². The van der Waals surface area contributed by atoms with Gasteiger partial charge >= 0.3 is 0 Å². The molecule has 1 rings (SSSR count). The van der Waals surface area contributed by atoms with Crippen LogP contribution >= 0.6 is 0 Å². The smallest absolute Gasteiger partial charge is 0.250 e. The maximum atomic E-state index is 13.8. The highest BCUT2D eigenvalue weighted by molar-refractivity contribution is 5.23. The Morgan fingerprint density at radius 1 is 1.33 bits per heavy atom. The lowest BCUT2D eigenvalue weighted by Gasteiger charge is -2.09. The number of nitrogens with zero attached hydrogens (tertiary/aromatic N) is 1. The van der Waals surface area contributed by atoms with Crippen molar-refractivity contribution in [1.82, 2.24) is 10.3 Å². The van der Waals surface area contributed by atoms with E-state index in [1.807, 2.05) is 0 Å². The van der Waals surface area contributed by atoms with Crippen molar-refractivity contribution in [3.8, 4) is 5.88 Å². The predicted molar refractivity (Wildman–Crippen MR) is 68.2 cm³/mol. The van der Waals surface area contributed by atoms with E-state index in [9.17, 15) is 4.39 Å². The zero-order chi connectivity index (χ0) is 13.2. The van der Waals surface area contributed by atoms with Gasteiger partial charge in [0.05, 0.1) is 6.61 Å². The Labute approximate surface area is 108 Å². The van der Waals surface area contributed by atoms with Crippen molar-refractivity contribution in [1.29, 1.82) is 0 Å². The first kappa shape index (κ1) is 14.9. The van der Waals surface area contributed by atoms with Crippen LogP contribution in [0.5, 0.6) is 5.88 Å². The minimum atomic E-state index is -0.402. The first-order chi connectivity index (χ1) is 8.79. The number of aromatic nitrogens is 1. The predicted octanol–water partition coefficient (Wildman–Crippen LogP) is 2.14. The Balaban J connectivity index is 2.35. The summed E-state index contributed by atoms with van der Waals surface area (Å²) in [5, 5.41) is 2.89. The van der Waals surface area contributed by atoms with Gasteiger partial charge in [0.15, 0.2) is 5.82 Å². The maximum absolute atomic E-state index is 13.8. The molecule has 0 radical (unpaired) electrons. The molecule has 1 aromatic rings. The largest absolute Gasteiger partial charge is 0.473 e. The van der Waals surface area contributed by atoms with Gasteiger partial charge in [-0.3, -0.25) is 0 Å². The standard InChI is InChI=1S/C13H21FN2O2/c1-3-4-7-17-8-9-18-13-12(14)11(10-15-2)5-6-16-13/h5-6,15H,3-4,7-10H2,1-2H3. The second kappa shape index (κ2) is 8.83. The van der Waals surface area contributed by atoms with Crippen LogP contribution in [0.3, 0.4) is 0 Å². The molecule has 18 heavy (non-hydrogen) atoms. The van der Waals surface area contributed by atoms with E-state index in [-0.39, 0.29) is 5.88 Å². The molecule has 0 atom stereocenters. The van der Waals surface area contributed by atoms with E-state index in [2.05, 4.69) is 17.2 Å². The molecule has 0 amide bonds. The molecule has 0 saturated carbocycles. The third-order valence-corrected chi connectivity index (χ3v) is 2.41. The first-order valence-electron chi connectivity index (χ1n) is 6.28. The van der Waals surface area contributed by atoms with Crippen molar-refractivity contribution in [2.24, 2.45) is 0 Å². The lowest BCUT2D eigenvalue weighted by atomic mass is 10.2. The monoisotopic (exact) mass is 256 g/mol. The third-order valence-electron chi connectivity index (χ3n) is 2.41. The Morgan fingerprint density at radius 3 is 2.89 bits per heavy atom. The van der Waals surface area contributed by atoms with Crippen LogP contribution in [0.2, 0.25) is 0 Å². The number of rotatable bonds is 9. The van der Waals surface area contributed by atoms with Gasteiger partial charge in [-0.15, -0.1) is 0 Å². The zero-order valence-corrected chi connectivity index (χ0v) is 11.0. The molecule has 5 heteroatoms. The van der Waals surface area contributed by atoms with Crippen LogP contribution in [0.1, 0.15) is 25.3 Å². The van der Waals surface area contributed by atoms with Gasteiger partial charge in [0.1, 0.15) is 6.61 Å². The molecule has 1 heterocycles. The summed E-state index contributed by atoms with van der Waals surface area (Å²) in [6.07, 6.45) is 3.68. The number of ether oxygens (including phenoxy) is 2. The molecular weight excluding hydrogens is 235 g/mol. The normalized spacial score (nSPS) is 10.6. The molecular formula is C13H21FN2O2. The number of pyridine rings is 1. The van der Waals surface area contributed by atoms with Crippen molar-refractivity contribution < 1.29 is 13.9 Å². The van der Waals surface area contributed by atoms with E-state index in [1.165, 1.54) is 0 Å². The van der Waals surface area contributed by atoms with Crippen LogP contribution < -0.4 is 10.1 Å². The Bertz CT molecular complexity index is 348. The minimum absolute atomic E-state index is 0.0434. The van der Waals surface area contributed by atoms with Crippen molar-refractivity contribution >= 4 is 0 Å². The van der Waals surface area contributed by atoms with Gasteiger partial charge in [-0.05, 0) is 19.5 Å². The average Bonchev–Trinajstić information content (AvgIpc) is 2.38. The van der Waals surface area contributed by atoms with Crippen molar-refractivity contribution in [3.05, 3.63) is 23.6 Å². The fourth-order valence-electron chi connectivity index (χ4n) is 1.44. The molecule has 1 aromatic heterocycles. The fourth-order valence-corrected chi connectivity index (χ4v) is 1.44. The molecule has 0 aromatic carbocycles. The summed E-state index contributed by atoms with van der Waals surface area (Å²) >= 11 is 0. The lowest BCUT2D eigenvalue weighted by molar-refractivity contribution is 0.0948. The van der Waals surface area contributed by atoms with Crippen LogP contribution in [0.15, 0.2) is 12.3 Å². The summed E-state index contributed by atoms with van der Waals surface area (Å²) in [5.41, 5.74) is 0.550. The zero-order valence-electron chi connectivity index (χ0n) is 11.0. The summed E-state index contributed by atoms with van der Waals surface area (Å²) in [6.45, 7) is 4.05. The summed E-state index contributed by atoms with van der Waals surface area (Å²) in [7, 11) is 1.77. The van der Waals surface area contributed by atoms with Crippen molar-refractivity contribution in [2.45, 2.75) is 26.3 Å². The van der Waals surface area contributed by atoms with Crippen LogP contribution in [0.25, 0.3) is 0 Å². The number of halogens is 1. The second-order valence-corrected chi connectivity index (χ2v) is 3.93. The minimum Gasteiger partial charge on any atom is -0.473 e. The van der Waals surface area contributed by atoms with E-state index in [1.54, 1.807) is 19.3 Å². The third kappa shape index (κ3) is 4.98. The molecule has 4 nitrogen and oxygen atoms in total. The summed E-state index contributed by atoms with van der Waals surface area (Å²) < 4.78 is 24.4. The van der Waals surface area contributed by atoms with E-state index in [0.29, 0.717) is 25.3 Å². The highest BCUT2D eigenvalue weighted by atomic mass is 19.1. The van der Waals surface area contributed by atoms with Gasteiger partial charge in [-0.2, -0.15) is 0 Å². The van der Waals surface area contributed by atoms with Crippen LogP contribution in [0, 0.1) is 5.82 Å². The van der Waals surface area contributed by atoms with Gasteiger partial charge in [-0.25, -0.2) is 9.37 Å². The Hall–Kier alpha value is -1.20. The molecule has 0 saturated heterocycles. The SMILES string of the molecule is CCCCOCCOc1nccc(CNC)c1F. The number of unbranched alkanes of at least 4 members (excludes halogenated alkanes) is 1. The van der Waals surface area contributed by atoms with Crippen molar-refractivity contribution in [3.63, 3.8) is 0 Å². The highest BCUT2D eigenvalue weighted by Gasteiger charge is 2.09. The molecule has 0 aliphatic carbocycles. The summed E-state index contributed by atoms with van der Waals surface area (Å²) in [6, 6.07) is 1.64. The summed E-state index contributed by atoms with van der Waals surface area (Å²) in [4.78, 5) is 3.87. The molecule has 0 spiro atoms. The number of hydrogen-bond donors (Lipinski definition) is 1. The van der Waals surface area contributed by atoms with E-state index in [4.69, 9.17) is 9.47 Å². The van der Waals surface area contributed by atoms with Gasteiger partial charge in [0.25, 0.3) is 5.88 Å². The molecule has 0 aliphatic heterocycles. The molecule has 0 unspecified atom stereocenters. The van der Waals surface area contributed by atoms with Crippen molar-refractivity contribution in [2.75, 3.05) is 26.9 Å². The highest BCUT2D eigenvalue weighted by Crippen LogP contribution is 2.16. The van der Waals surface area contributed by atoms with Gasteiger partial charge in [0.2, 0.25) is 0 Å². The molecule has 0 bridgehead atoms. The molecule has 0 aliphatic rings. The molecule has 0 fully saturated rings. The fraction of sp³-hybridized carbons (Fsp3) is 0.615. The van der Waals surface area contributed by atoms with E-state index in [0.717, 1.165) is 19.4 Å². The first-order valence-corrected chi connectivity index (χ1v) is 6.28. The maximum Gasteiger partial charge on any atom is 0.250 e. The number of nitrogens with one attached hydrogen (secondary N) is 1. The lowest BCUT2D eigenvalue weighted by Crippen LogP contribution is -2.12. The average molecular weight is 256 g/mol. The quantitative estimate of drug-likeness (QED) is 0.687. The van der Waals surface area contributed by atoms with E-state index >= 15 is 0 Å². The molecule has 1 N–H and O–H groups in total. The topological polar surface area (TPSA) is 43.4 Å². The van der Waals surface area contributed by atoms with Gasteiger partial charge in [0, 0.05) is 24.9 Å². The Morgan fingerprint density at radius 2 is 2.17 bits per heavy atom. The molecule has 102 valence electrons. The Kier molecular flexibility index (Phi) is 7.29. The second-order valence-electron chi connectivity index (χ2n) is 3.93. The summed E-state index contributed by atoms with van der Waals surface area (Å²) in [5.74, 6) is -0.359. The van der Waals surface area contributed by atoms with Gasteiger partial charge < -0.3 is 14.8 Å².